The van der Waals surface area contributed by atoms with Crippen LogP contribution in [0.1, 0.15) is 12.8 Å². The first-order chi connectivity index (χ1) is 9.52. The fourth-order valence-corrected chi connectivity index (χ4v) is 1.52. The van der Waals surface area contributed by atoms with Crippen LogP contribution in [0.2, 0.25) is 0 Å². The Balaban J connectivity index is 2.03. The molecule has 1 aliphatic carbocycles. The number of urea groups is 1. The summed E-state index contributed by atoms with van der Waals surface area (Å²) >= 11 is 0. The Kier molecular flexibility index (Phi) is 4.04. The highest BCUT2D eigenvalue weighted by molar-refractivity contribution is 5.94. The highest BCUT2D eigenvalue weighted by atomic mass is 16.2. The van der Waals surface area contributed by atoms with Gasteiger partial charge in [-0.05, 0) is 31.0 Å². The van der Waals surface area contributed by atoms with Gasteiger partial charge in [0.15, 0.2) is 5.96 Å². The quantitative estimate of drug-likeness (QED) is 0.396. The van der Waals surface area contributed by atoms with E-state index >= 15 is 0 Å². The number of nitrogens with one attached hydrogen (secondary N) is 2. The van der Waals surface area contributed by atoms with Crippen molar-refractivity contribution in [2.24, 2.45) is 27.2 Å². The highest BCUT2D eigenvalue weighted by Crippen LogP contribution is 2.20. The molecule has 1 fully saturated rings. The fourth-order valence-electron chi connectivity index (χ4n) is 1.52. The molecular formula is C12H17N7O. The second-order valence-corrected chi connectivity index (χ2v) is 4.43. The van der Waals surface area contributed by atoms with E-state index in [0.717, 1.165) is 12.8 Å². The maximum Gasteiger partial charge on any atom is 0.319 e. The summed E-state index contributed by atoms with van der Waals surface area (Å²) in [7, 11) is 0. The monoisotopic (exact) mass is 275 g/mol. The predicted octanol–water partition coefficient (Wildman–Crippen LogP) is 0.190. The minimum Gasteiger partial charge on any atom is -0.370 e. The van der Waals surface area contributed by atoms with Crippen molar-refractivity contribution in [1.29, 1.82) is 0 Å². The number of hydrogen-bond acceptors (Lipinski definition) is 2. The van der Waals surface area contributed by atoms with Crippen molar-refractivity contribution < 1.29 is 4.79 Å². The molecule has 1 aromatic carbocycles. The lowest BCUT2D eigenvalue weighted by Gasteiger charge is -2.06. The zero-order valence-electron chi connectivity index (χ0n) is 10.8. The number of nitrogens with two attached hydrogens (primary N) is 3. The molecule has 0 aliphatic heterocycles. The summed E-state index contributed by atoms with van der Waals surface area (Å²) in [5.41, 5.74) is 17.1. The molecule has 20 heavy (non-hydrogen) atoms. The summed E-state index contributed by atoms with van der Waals surface area (Å²) < 4.78 is 0. The van der Waals surface area contributed by atoms with E-state index in [9.17, 15) is 4.79 Å². The van der Waals surface area contributed by atoms with Gasteiger partial charge in [0, 0.05) is 11.7 Å². The molecule has 0 aromatic heterocycles. The molecule has 0 heterocycles. The lowest BCUT2D eigenvalue weighted by Crippen LogP contribution is -2.30. The van der Waals surface area contributed by atoms with E-state index in [0.29, 0.717) is 17.4 Å². The van der Waals surface area contributed by atoms with E-state index in [4.69, 9.17) is 17.2 Å². The van der Waals surface area contributed by atoms with Gasteiger partial charge >= 0.3 is 6.03 Å². The molecular weight excluding hydrogens is 258 g/mol. The van der Waals surface area contributed by atoms with Crippen molar-refractivity contribution in [3.8, 4) is 0 Å². The smallest absolute Gasteiger partial charge is 0.319 e. The molecule has 0 unspecified atom stereocenters. The van der Waals surface area contributed by atoms with Crippen molar-refractivity contribution in [3.05, 3.63) is 24.3 Å². The standard InChI is InChI=1S/C12H17N7O/c13-10(14)19-11(15)16-8-2-1-3-9(6-8)18-12(20)17-7-4-5-7/h1-3,6-7H,4-5H2,(H2,17,18,20)(H6,13,14,15,16,19). The lowest BCUT2D eigenvalue weighted by atomic mass is 10.3. The van der Waals surface area contributed by atoms with E-state index in [1.165, 1.54) is 0 Å². The van der Waals surface area contributed by atoms with Crippen LogP contribution in [-0.2, 0) is 0 Å². The van der Waals surface area contributed by atoms with E-state index in [1.54, 1.807) is 24.3 Å². The van der Waals surface area contributed by atoms with E-state index < -0.39 is 0 Å². The van der Waals surface area contributed by atoms with Crippen LogP contribution in [0.3, 0.4) is 0 Å². The molecule has 1 aromatic rings. The second kappa shape index (κ2) is 5.91. The molecule has 0 spiro atoms. The zero-order valence-corrected chi connectivity index (χ0v) is 10.8. The van der Waals surface area contributed by atoms with Crippen LogP contribution < -0.4 is 27.8 Å². The molecule has 8 heteroatoms. The number of guanidine groups is 2. The highest BCUT2D eigenvalue weighted by Gasteiger charge is 2.23. The first-order valence-electron chi connectivity index (χ1n) is 6.14. The first-order valence-corrected chi connectivity index (χ1v) is 6.14. The van der Waals surface area contributed by atoms with Crippen LogP contribution >= 0.6 is 0 Å². The maximum atomic E-state index is 11.6. The Morgan fingerprint density at radius 3 is 2.65 bits per heavy atom. The van der Waals surface area contributed by atoms with Gasteiger partial charge in [-0.25, -0.2) is 9.79 Å². The number of aliphatic imine (C=N–C) groups is 2. The average Bonchev–Trinajstić information content (AvgIpc) is 3.11. The van der Waals surface area contributed by atoms with Gasteiger partial charge in [0.1, 0.15) is 0 Å². The van der Waals surface area contributed by atoms with Crippen molar-refractivity contribution in [3.63, 3.8) is 0 Å². The van der Waals surface area contributed by atoms with Crippen molar-refractivity contribution in [2.75, 3.05) is 5.32 Å². The number of nitrogens with zero attached hydrogens (tertiary/aromatic N) is 2. The Bertz CT molecular complexity index is 559. The number of amides is 2. The summed E-state index contributed by atoms with van der Waals surface area (Å²) in [6.45, 7) is 0. The van der Waals surface area contributed by atoms with E-state index in [-0.39, 0.29) is 18.0 Å². The lowest BCUT2D eigenvalue weighted by molar-refractivity contribution is 0.251. The Hall–Kier alpha value is -2.77. The topological polar surface area (TPSA) is 144 Å². The molecule has 2 rings (SSSR count). The Labute approximate surface area is 116 Å². The molecule has 2 amide bonds. The van der Waals surface area contributed by atoms with Gasteiger partial charge in [0.2, 0.25) is 5.96 Å². The average molecular weight is 275 g/mol. The zero-order chi connectivity index (χ0) is 14.5. The molecule has 0 bridgehead atoms. The molecule has 106 valence electrons. The Morgan fingerprint density at radius 1 is 1.25 bits per heavy atom. The summed E-state index contributed by atoms with van der Waals surface area (Å²) in [5.74, 6) is -0.214. The Morgan fingerprint density at radius 2 is 2.00 bits per heavy atom. The van der Waals surface area contributed by atoms with Crippen molar-refractivity contribution in [1.82, 2.24) is 5.32 Å². The third kappa shape index (κ3) is 4.48. The normalized spacial score (nSPS) is 14.5. The SMILES string of the molecule is NC(N)=NC(N)=Nc1cccc(NC(=O)NC2CC2)c1. The van der Waals surface area contributed by atoms with Crippen LogP contribution in [-0.4, -0.2) is 24.0 Å². The van der Waals surface area contributed by atoms with Gasteiger partial charge in [-0.15, -0.1) is 0 Å². The van der Waals surface area contributed by atoms with Crippen LogP contribution in [0.15, 0.2) is 34.3 Å². The number of carbonyl (C=O) groups is 1. The van der Waals surface area contributed by atoms with Crippen LogP contribution in [0.5, 0.6) is 0 Å². The van der Waals surface area contributed by atoms with Crippen molar-refractivity contribution >= 4 is 29.3 Å². The fraction of sp³-hybridized carbons (Fsp3) is 0.250. The maximum absolute atomic E-state index is 11.6. The number of carbonyl (C=O) groups excluding carboxylic acids is 1. The predicted molar refractivity (Wildman–Crippen MR) is 78.7 cm³/mol. The first kappa shape index (κ1) is 13.7. The second-order valence-electron chi connectivity index (χ2n) is 4.43. The molecule has 1 saturated carbocycles. The van der Waals surface area contributed by atoms with Crippen molar-refractivity contribution in [2.45, 2.75) is 18.9 Å². The third-order valence-corrected chi connectivity index (χ3v) is 2.50. The minimum atomic E-state index is -0.231. The van der Waals surface area contributed by atoms with Crippen LogP contribution in [0, 0.1) is 0 Å². The molecule has 1 aliphatic rings. The van der Waals surface area contributed by atoms with Crippen LogP contribution in [0.4, 0.5) is 16.2 Å². The van der Waals surface area contributed by atoms with Gasteiger partial charge in [0.05, 0.1) is 5.69 Å². The minimum absolute atomic E-state index is 0.0513. The summed E-state index contributed by atoms with van der Waals surface area (Å²) in [6, 6.07) is 6.96. The molecule has 8 nitrogen and oxygen atoms in total. The van der Waals surface area contributed by atoms with E-state index in [1.807, 2.05) is 0 Å². The van der Waals surface area contributed by atoms with Gasteiger partial charge in [-0.1, -0.05) is 6.07 Å². The number of benzene rings is 1. The van der Waals surface area contributed by atoms with Crippen LogP contribution in [0.25, 0.3) is 0 Å². The number of anilines is 1. The van der Waals surface area contributed by atoms with Gasteiger partial charge in [-0.2, -0.15) is 4.99 Å². The largest absolute Gasteiger partial charge is 0.370 e. The third-order valence-electron chi connectivity index (χ3n) is 2.50. The van der Waals surface area contributed by atoms with Gasteiger partial charge in [0.25, 0.3) is 0 Å². The summed E-state index contributed by atoms with van der Waals surface area (Å²) in [5, 5.41) is 5.55. The number of hydrogen-bond donors (Lipinski definition) is 5. The molecule has 0 radical (unpaired) electrons. The van der Waals surface area contributed by atoms with E-state index in [2.05, 4.69) is 20.6 Å². The van der Waals surface area contributed by atoms with Gasteiger partial charge in [-0.3, -0.25) is 0 Å². The van der Waals surface area contributed by atoms with Gasteiger partial charge < -0.3 is 27.8 Å². The summed E-state index contributed by atoms with van der Waals surface area (Å²) in [4.78, 5) is 19.2. The molecule has 0 saturated heterocycles. The molecule has 8 N–H and O–H groups in total. The molecule has 0 atom stereocenters. The summed E-state index contributed by atoms with van der Waals surface area (Å²) in [6.07, 6.45) is 2.07. The number of rotatable bonds is 3.